The molecule has 1 aromatic heterocycles. The number of aryl methyl sites for hydroxylation is 1. The van der Waals surface area contributed by atoms with Crippen LogP contribution in [-0.2, 0) is 17.8 Å². The highest BCUT2D eigenvalue weighted by molar-refractivity contribution is 5.84. The number of hydrogen-bond donors (Lipinski definition) is 2. The molecule has 1 aliphatic rings. The first-order valence-electron chi connectivity index (χ1n) is 8.40. The van der Waals surface area contributed by atoms with E-state index in [1.54, 1.807) is 0 Å². The Balaban J connectivity index is 1.41. The first kappa shape index (κ1) is 16.5. The maximum atomic E-state index is 11.7. The van der Waals surface area contributed by atoms with E-state index in [-0.39, 0.29) is 6.61 Å². The van der Waals surface area contributed by atoms with Gasteiger partial charge in [0.25, 0.3) is 0 Å². The van der Waals surface area contributed by atoms with Crippen molar-refractivity contribution in [2.75, 3.05) is 18.4 Å². The number of nitrogens with one attached hydrogen (secondary N) is 2. The van der Waals surface area contributed by atoms with E-state index in [0.717, 1.165) is 31.1 Å². The fourth-order valence-electron chi connectivity index (χ4n) is 2.90. The van der Waals surface area contributed by atoms with Crippen molar-refractivity contribution < 1.29 is 13.9 Å². The Hall–Kier alpha value is -2.34. The van der Waals surface area contributed by atoms with Crippen LogP contribution >= 0.6 is 0 Å². The minimum absolute atomic E-state index is 0.0696. The number of carbonyl (C=O) groups is 1. The monoisotopic (exact) mass is 329 g/mol. The molecule has 24 heavy (non-hydrogen) atoms. The topological polar surface area (TPSA) is 76.4 Å². The third-order valence-corrected chi connectivity index (χ3v) is 4.33. The predicted octanol–water partition coefficient (Wildman–Crippen LogP) is 3.36. The maximum absolute atomic E-state index is 11.7. The van der Waals surface area contributed by atoms with Crippen LogP contribution in [0.15, 0.2) is 41.3 Å². The number of amides is 1. The molecule has 2 N–H and O–H groups in total. The van der Waals surface area contributed by atoms with E-state index in [9.17, 15) is 4.79 Å². The van der Waals surface area contributed by atoms with Gasteiger partial charge < -0.3 is 14.5 Å². The largest absolute Gasteiger partial charge is 0.445 e. The third kappa shape index (κ3) is 5.09. The number of ether oxygens (including phenoxy) is 1. The summed E-state index contributed by atoms with van der Waals surface area (Å²) in [5, 5.41) is 6.10. The van der Waals surface area contributed by atoms with Gasteiger partial charge in [0.15, 0.2) is 18.8 Å². The summed E-state index contributed by atoms with van der Waals surface area (Å²) in [4.78, 5) is 15.5. The van der Waals surface area contributed by atoms with Crippen molar-refractivity contribution in [1.29, 1.82) is 0 Å². The summed E-state index contributed by atoms with van der Waals surface area (Å²) in [6.07, 6.45) is 7.18. The summed E-state index contributed by atoms with van der Waals surface area (Å²) in [5.41, 5.74) is 2.03. The molecule has 1 aromatic carbocycles. The first-order valence-corrected chi connectivity index (χ1v) is 8.40. The van der Waals surface area contributed by atoms with Gasteiger partial charge in [-0.2, -0.15) is 0 Å². The van der Waals surface area contributed by atoms with Gasteiger partial charge in [0, 0.05) is 5.69 Å². The normalized spacial score (nSPS) is 15.2. The van der Waals surface area contributed by atoms with E-state index in [4.69, 9.17) is 9.15 Å². The van der Waals surface area contributed by atoms with Crippen molar-refractivity contribution in [3.8, 4) is 0 Å². The second-order valence-corrected chi connectivity index (χ2v) is 6.10. The molecule has 1 amide bonds. The molecule has 3 rings (SSSR count). The standard InChI is InChI=1S/C18H23N3O3/c22-18(23-12-17-11-20-13-24-17)21-16-5-3-14(4-6-16)1-2-15-7-9-19-10-8-15/h3-6,11,13,15,19H,1-2,7-10,12H2,(H,21,22). The van der Waals surface area contributed by atoms with E-state index in [1.807, 2.05) is 12.1 Å². The average Bonchev–Trinajstić information content (AvgIpc) is 3.14. The summed E-state index contributed by atoms with van der Waals surface area (Å²) in [6, 6.07) is 7.95. The Morgan fingerprint density at radius 3 is 2.79 bits per heavy atom. The molecule has 6 heteroatoms. The minimum atomic E-state index is -0.506. The molecule has 6 nitrogen and oxygen atoms in total. The molecule has 0 bridgehead atoms. The van der Waals surface area contributed by atoms with Crippen LogP contribution in [0.5, 0.6) is 0 Å². The number of piperidine rings is 1. The zero-order valence-electron chi connectivity index (χ0n) is 13.7. The van der Waals surface area contributed by atoms with E-state index < -0.39 is 6.09 Å². The summed E-state index contributed by atoms with van der Waals surface area (Å²) in [7, 11) is 0. The molecular formula is C18H23N3O3. The summed E-state index contributed by atoms with van der Waals surface area (Å²) < 4.78 is 10.1. The van der Waals surface area contributed by atoms with E-state index in [1.165, 1.54) is 37.4 Å². The molecular weight excluding hydrogens is 306 g/mol. The first-order chi connectivity index (χ1) is 11.8. The van der Waals surface area contributed by atoms with Crippen molar-refractivity contribution in [3.05, 3.63) is 48.2 Å². The Kier molecular flexibility index (Phi) is 5.85. The molecule has 1 aliphatic heterocycles. The van der Waals surface area contributed by atoms with E-state index >= 15 is 0 Å². The van der Waals surface area contributed by atoms with Gasteiger partial charge >= 0.3 is 6.09 Å². The van der Waals surface area contributed by atoms with Crippen LogP contribution in [0.4, 0.5) is 10.5 Å². The minimum Gasteiger partial charge on any atom is -0.445 e. The number of aromatic nitrogens is 1. The molecule has 128 valence electrons. The molecule has 0 spiro atoms. The van der Waals surface area contributed by atoms with Crippen LogP contribution in [0.3, 0.4) is 0 Å². The van der Waals surface area contributed by atoms with E-state index in [2.05, 4.69) is 27.8 Å². The Labute approximate surface area is 141 Å². The number of benzene rings is 1. The van der Waals surface area contributed by atoms with E-state index in [0.29, 0.717) is 5.76 Å². The van der Waals surface area contributed by atoms with Crippen LogP contribution in [0.25, 0.3) is 0 Å². The lowest BCUT2D eigenvalue weighted by molar-refractivity contribution is 0.146. The van der Waals surface area contributed by atoms with Crippen LogP contribution in [-0.4, -0.2) is 24.2 Å². The number of rotatable bonds is 6. The number of nitrogens with zero attached hydrogens (tertiary/aromatic N) is 1. The van der Waals surface area contributed by atoms with Gasteiger partial charge in [0.05, 0.1) is 6.20 Å². The zero-order valence-corrected chi connectivity index (χ0v) is 13.7. The molecule has 1 fully saturated rings. The smallest absolute Gasteiger partial charge is 0.412 e. The lowest BCUT2D eigenvalue weighted by Gasteiger charge is -2.22. The fraction of sp³-hybridized carbons (Fsp3) is 0.444. The summed E-state index contributed by atoms with van der Waals surface area (Å²) in [5.74, 6) is 1.34. The highest BCUT2D eigenvalue weighted by Gasteiger charge is 2.12. The molecule has 0 saturated carbocycles. The average molecular weight is 329 g/mol. The van der Waals surface area contributed by atoms with Crippen molar-refractivity contribution in [2.24, 2.45) is 5.92 Å². The lowest BCUT2D eigenvalue weighted by Crippen LogP contribution is -2.27. The number of oxazole rings is 1. The highest BCUT2D eigenvalue weighted by Crippen LogP contribution is 2.19. The summed E-state index contributed by atoms with van der Waals surface area (Å²) >= 11 is 0. The summed E-state index contributed by atoms with van der Waals surface area (Å²) in [6.45, 7) is 2.35. The van der Waals surface area contributed by atoms with Gasteiger partial charge in [0.2, 0.25) is 0 Å². The fourth-order valence-corrected chi connectivity index (χ4v) is 2.90. The lowest BCUT2D eigenvalue weighted by atomic mass is 9.91. The molecule has 0 radical (unpaired) electrons. The van der Waals surface area contributed by atoms with Crippen LogP contribution in [0.1, 0.15) is 30.6 Å². The van der Waals surface area contributed by atoms with Gasteiger partial charge in [-0.25, -0.2) is 9.78 Å². The van der Waals surface area contributed by atoms with Gasteiger partial charge in [0.1, 0.15) is 0 Å². The molecule has 1 saturated heterocycles. The second kappa shape index (κ2) is 8.49. The third-order valence-electron chi connectivity index (χ3n) is 4.33. The second-order valence-electron chi connectivity index (χ2n) is 6.10. The van der Waals surface area contributed by atoms with Gasteiger partial charge in [-0.05, 0) is 62.4 Å². The van der Waals surface area contributed by atoms with Crippen molar-refractivity contribution in [1.82, 2.24) is 10.3 Å². The maximum Gasteiger partial charge on any atom is 0.412 e. The molecule has 0 unspecified atom stereocenters. The number of anilines is 1. The molecule has 2 aromatic rings. The van der Waals surface area contributed by atoms with Gasteiger partial charge in [-0.3, -0.25) is 5.32 Å². The zero-order chi connectivity index (χ0) is 16.6. The van der Waals surface area contributed by atoms with Gasteiger partial charge in [-0.1, -0.05) is 12.1 Å². The number of carbonyl (C=O) groups excluding carboxylic acids is 1. The van der Waals surface area contributed by atoms with Crippen LogP contribution < -0.4 is 10.6 Å². The van der Waals surface area contributed by atoms with Crippen molar-refractivity contribution in [3.63, 3.8) is 0 Å². The Morgan fingerprint density at radius 2 is 2.08 bits per heavy atom. The molecule has 2 heterocycles. The molecule has 0 atom stereocenters. The van der Waals surface area contributed by atoms with Crippen molar-refractivity contribution in [2.45, 2.75) is 32.3 Å². The highest BCUT2D eigenvalue weighted by atomic mass is 16.6. The molecule has 0 aliphatic carbocycles. The predicted molar refractivity (Wildman–Crippen MR) is 90.7 cm³/mol. The number of hydrogen-bond acceptors (Lipinski definition) is 5. The Bertz CT molecular complexity index is 619. The quantitative estimate of drug-likeness (QED) is 0.850. The Morgan fingerprint density at radius 1 is 1.29 bits per heavy atom. The SMILES string of the molecule is O=C(Nc1ccc(CCC2CCNCC2)cc1)OCc1cnco1. The van der Waals surface area contributed by atoms with Gasteiger partial charge in [-0.15, -0.1) is 0 Å². The van der Waals surface area contributed by atoms with Crippen molar-refractivity contribution >= 4 is 11.8 Å². The van der Waals surface area contributed by atoms with Crippen LogP contribution in [0, 0.1) is 5.92 Å². The van der Waals surface area contributed by atoms with Crippen LogP contribution in [0.2, 0.25) is 0 Å².